The number of hydrogen-bond acceptors (Lipinski definition) is 4. The van der Waals surface area contributed by atoms with Crippen molar-refractivity contribution in [3.8, 4) is 0 Å². The van der Waals surface area contributed by atoms with Crippen LogP contribution in [-0.2, 0) is 0 Å². The van der Waals surface area contributed by atoms with Crippen LogP contribution in [-0.4, -0.2) is 23.7 Å². The van der Waals surface area contributed by atoms with Crippen LogP contribution in [0.3, 0.4) is 0 Å². The highest BCUT2D eigenvalue weighted by molar-refractivity contribution is 9.10. The summed E-state index contributed by atoms with van der Waals surface area (Å²) in [6.07, 6.45) is 1.40. The van der Waals surface area contributed by atoms with Gasteiger partial charge in [-0.25, -0.2) is 4.98 Å². The van der Waals surface area contributed by atoms with Gasteiger partial charge in [0.1, 0.15) is 5.82 Å². The summed E-state index contributed by atoms with van der Waals surface area (Å²) >= 11 is 9.62. The molecule has 2 aromatic rings. The number of carbonyl (C=O) groups is 1. The Morgan fingerprint density at radius 2 is 1.95 bits per heavy atom. The quantitative estimate of drug-likeness (QED) is 0.695. The predicted molar refractivity (Wildman–Crippen MR) is 93.4 cm³/mol. The molecule has 0 bridgehead atoms. The summed E-state index contributed by atoms with van der Waals surface area (Å²) in [6, 6.07) is 7.20. The number of amides is 1. The Kier molecular flexibility index (Phi) is 5.15. The predicted octanol–water partition coefficient (Wildman–Crippen LogP) is 4.18. The number of benzene rings is 1. The minimum absolute atomic E-state index is 0.210. The van der Waals surface area contributed by atoms with Crippen molar-refractivity contribution in [2.24, 2.45) is 0 Å². The van der Waals surface area contributed by atoms with Gasteiger partial charge in [0.2, 0.25) is 0 Å². The van der Waals surface area contributed by atoms with E-state index < -0.39 is 0 Å². The third-order valence-corrected chi connectivity index (χ3v) is 3.90. The maximum atomic E-state index is 12.4. The summed E-state index contributed by atoms with van der Waals surface area (Å²) < 4.78 is 0.922. The van der Waals surface area contributed by atoms with Gasteiger partial charge in [-0.05, 0) is 31.2 Å². The molecule has 2 rings (SSSR count). The highest BCUT2D eigenvalue weighted by atomic mass is 79.9. The van der Waals surface area contributed by atoms with Gasteiger partial charge in [0, 0.05) is 29.1 Å². The lowest BCUT2D eigenvalue weighted by atomic mass is 10.1. The molecule has 1 amide bonds. The van der Waals surface area contributed by atoms with Gasteiger partial charge in [0.15, 0.2) is 0 Å². The molecule has 3 N–H and O–H groups in total. The van der Waals surface area contributed by atoms with Gasteiger partial charge in [0.05, 0.1) is 16.1 Å². The van der Waals surface area contributed by atoms with Crippen LogP contribution in [0.4, 0.5) is 11.5 Å². The Bertz CT molecular complexity index is 731. The number of halogens is 2. The maximum absolute atomic E-state index is 12.4. The third kappa shape index (κ3) is 3.45. The molecule has 0 saturated heterocycles. The summed E-state index contributed by atoms with van der Waals surface area (Å²) in [5.74, 6) is 0.0997. The molecule has 5 nitrogen and oxygen atoms in total. The number of rotatable bonds is 4. The van der Waals surface area contributed by atoms with E-state index in [9.17, 15) is 4.79 Å². The van der Waals surface area contributed by atoms with E-state index >= 15 is 0 Å². The second-order valence-corrected chi connectivity index (χ2v) is 5.84. The Morgan fingerprint density at radius 3 is 2.50 bits per heavy atom. The first-order chi connectivity index (χ1) is 10.4. The van der Waals surface area contributed by atoms with E-state index in [-0.39, 0.29) is 22.2 Å². The van der Waals surface area contributed by atoms with Gasteiger partial charge in [-0.3, -0.25) is 4.79 Å². The van der Waals surface area contributed by atoms with Crippen LogP contribution in [0, 0.1) is 5.41 Å². The lowest BCUT2D eigenvalue weighted by Gasteiger charge is -2.13. The lowest BCUT2D eigenvalue weighted by molar-refractivity contribution is 0.102. The summed E-state index contributed by atoms with van der Waals surface area (Å²) in [5.41, 5.74) is 1.54. The van der Waals surface area contributed by atoms with Crippen LogP contribution in [0.25, 0.3) is 0 Å². The highest BCUT2D eigenvalue weighted by Crippen LogP contribution is 2.27. The molecule has 0 aliphatic heterocycles. The van der Waals surface area contributed by atoms with Crippen LogP contribution < -0.4 is 10.6 Å². The molecule has 0 unspecified atom stereocenters. The number of anilines is 2. The second-order valence-electron chi connectivity index (χ2n) is 4.55. The van der Waals surface area contributed by atoms with Crippen molar-refractivity contribution in [3.63, 3.8) is 0 Å². The number of hydrogen-bond donors (Lipinski definition) is 3. The first-order valence-electron chi connectivity index (χ1n) is 6.42. The van der Waals surface area contributed by atoms with Gasteiger partial charge in [-0.15, -0.1) is 0 Å². The molecule has 0 spiro atoms. The fraction of sp³-hybridized carbons (Fsp3) is 0.133. The SMILES string of the molecule is CNc1ncc(C(=O)Nc2ccc(Br)cc2)c(Cl)c1C(C)=N. The first-order valence-corrected chi connectivity index (χ1v) is 7.59. The van der Waals surface area contributed by atoms with Crippen molar-refractivity contribution in [1.82, 2.24) is 4.98 Å². The molecule has 0 aliphatic rings. The van der Waals surface area contributed by atoms with Gasteiger partial charge in [-0.1, -0.05) is 27.5 Å². The Hall–Kier alpha value is -1.92. The van der Waals surface area contributed by atoms with Crippen molar-refractivity contribution in [2.45, 2.75) is 6.92 Å². The van der Waals surface area contributed by atoms with Crippen molar-refractivity contribution in [2.75, 3.05) is 17.7 Å². The van der Waals surface area contributed by atoms with Crippen LogP contribution >= 0.6 is 27.5 Å². The molecule has 22 heavy (non-hydrogen) atoms. The highest BCUT2D eigenvalue weighted by Gasteiger charge is 2.19. The normalized spacial score (nSPS) is 10.2. The summed E-state index contributed by atoms with van der Waals surface area (Å²) in [4.78, 5) is 16.5. The van der Waals surface area contributed by atoms with E-state index in [1.165, 1.54) is 6.20 Å². The number of nitrogens with one attached hydrogen (secondary N) is 3. The fourth-order valence-corrected chi connectivity index (χ4v) is 2.54. The average molecular weight is 382 g/mol. The molecule has 0 aliphatic carbocycles. The van der Waals surface area contributed by atoms with Crippen molar-refractivity contribution in [1.29, 1.82) is 5.41 Å². The van der Waals surface area contributed by atoms with Crippen LogP contribution in [0.2, 0.25) is 5.02 Å². The molecule has 0 atom stereocenters. The van der Waals surface area contributed by atoms with E-state index in [1.807, 2.05) is 12.1 Å². The minimum Gasteiger partial charge on any atom is -0.373 e. The molecule has 114 valence electrons. The molecule has 1 heterocycles. The summed E-state index contributed by atoms with van der Waals surface area (Å²) in [6.45, 7) is 1.60. The van der Waals surface area contributed by atoms with Crippen molar-refractivity contribution >= 4 is 50.7 Å². The Morgan fingerprint density at radius 1 is 1.32 bits per heavy atom. The van der Waals surface area contributed by atoms with E-state index in [0.717, 1.165) is 4.47 Å². The van der Waals surface area contributed by atoms with Crippen molar-refractivity contribution < 1.29 is 4.79 Å². The van der Waals surface area contributed by atoms with Gasteiger partial charge in [0.25, 0.3) is 5.91 Å². The molecular formula is C15H14BrClN4O. The average Bonchev–Trinajstić information content (AvgIpc) is 2.48. The number of aromatic nitrogens is 1. The maximum Gasteiger partial charge on any atom is 0.258 e. The molecule has 1 aromatic heterocycles. The topological polar surface area (TPSA) is 77.9 Å². The van der Waals surface area contributed by atoms with Crippen LogP contribution in [0.1, 0.15) is 22.8 Å². The lowest BCUT2D eigenvalue weighted by Crippen LogP contribution is -2.15. The second kappa shape index (κ2) is 6.89. The zero-order valence-electron chi connectivity index (χ0n) is 12.0. The zero-order valence-corrected chi connectivity index (χ0v) is 14.3. The van der Waals surface area contributed by atoms with E-state index in [0.29, 0.717) is 17.1 Å². The van der Waals surface area contributed by atoms with Crippen molar-refractivity contribution in [3.05, 3.63) is 51.1 Å². The monoisotopic (exact) mass is 380 g/mol. The molecule has 7 heteroatoms. The first kappa shape index (κ1) is 16.5. The molecule has 0 radical (unpaired) electrons. The van der Waals surface area contributed by atoms with E-state index in [4.69, 9.17) is 17.0 Å². The fourth-order valence-electron chi connectivity index (χ4n) is 1.91. The number of nitrogens with zero attached hydrogens (tertiary/aromatic N) is 1. The molecule has 0 saturated carbocycles. The van der Waals surface area contributed by atoms with Gasteiger partial charge >= 0.3 is 0 Å². The largest absolute Gasteiger partial charge is 0.373 e. The standard InChI is InChI=1S/C15H14BrClN4O/c1-8(18)12-13(17)11(7-20-14(12)19-2)15(22)21-10-5-3-9(16)4-6-10/h3-7,18H,1-2H3,(H,19,20)(H,21,22). The molecule has 0 fully saturated rings. The Balaban J connectivity index is 2.36. The van der Waals surface area contributed by atoms with Gasteiger partial charge < -0.3 is 16.0 Å². The number of pyridine rings is 1. The molecular weight excluding hydrogens is 368 g/mol. The number of carbonyl (C=O) groups excluding carboxylic acids is 1. The van der Waals surface area contributed by atoms with E-state index in [2.05, 4.69) is 31.5 Å². The zero-order chi connectivity index (χ0) is 16.3. The van der Waals surface area contributed by atoms with Gasteiger partial charge in [-0.2, -0.15) is 0 Å². The van der Waals surface area contributed by atoms with E-state index in [1.54, 1.807) is 26.1 Å². The summed E-state index contributed by atoms with van der Waals surface area (Å²) in [7, 11) is 1.69. The summed E-state index contributed by atoms with van der Waals surface area (Å²) in [5, 5.41) is 13.6. The Labute approximate surface area is 141 Å². The molecule has 1 aromatic carbocycles. The van der Waals surface area contributed by atoms with Crippen LogP contribution in [0.5, 0.6) is 0 Å². The smallest absolute Gasteiger partial charge is 0.258 e. The third-order valence-electron chi connectivity index (χ3n) is 2.97. The minimum atomic E-state index is -0.370. The van der Waals surface area contributed by atoms with Crippen LogP contribution in [0.15, 0.2) is 34.9 Å².